The van der Waals surface area contributed by atoms with Gasteiger partial charge in [0, 0.05) is 64.5 Å². The fraction of sp³-hybridized carbons (Fsp3) is 0.0417. The third-order valence-electron chi connectivity index (χ3n) is 5.43. The molecule has 0 fully saturated rings. The maximum absolute atomic E-state index is 12.8. The number of allylic oxidation sites excluding steroid dienone is 1. The number of nitrogens with one attached hydrogen (secondary N) is 2. The monoisotopic (exact) mass is 470 g/mol. The molecule has 0 unspecified atom stereocenters. The number of anilines is 2. The van der Waals surface area contributed by atoms with Crippen molar-refractivity contribution in [1.82, 2.24) is 9.97 Å². The van der Waals surface area contributed by atoms with Crippen molar-refractivity contribution in [2.75, 3.05) is 17.3 Å². The molecule has 168 valence electrons. The van der Waals surface area contributed by atoms with E-state index < -0.39 is 5.91 Å². The van der Waals surface area contributed by atoms with Crippen LogP contribution in [0.1, 0.15) is 35.3 Å². The Morgan fingerprint density at radius 2 is 1.85 bits per heavy atom. The predicted octanol–water partition coefficient (Wildman–Crippen LogP) is 3.68. The number of pyridine rings is 1. The quantitative estimate of drug-likeness (QED) is 0.396. The number of benzene rings is 1. The van der Waals surface area contributed by atoms with Crippen LogP contribution in [-0.2, 0) is 0 Å². The summed E-state index contributed by atoms with van der Waals surface area (Å²) in [6, 6.07) is 12.0. The highest BCUT2D eigenvalue weighted by Crippen LogP contribution is 2.31. The fourth-order valence-corrected chi connectivity index (χ4v) is 4.49. The van der Waals surface area contributed by atoms with Crippen LogP contribution in [-0.4, -0.2) is 41.0 Å². The molecule has 9 nitrogen and oxygen atoms in total. The number of aliphatic imine (C=N–C) groups is 1. The van der Waals surface area contributed by atoms with Crippen molar-refractivity contribution in [3.05, 3.63) is 81.9 Å². The normalized spacial score (nSPS) is 12.2. The molecule has 3 aromatic heterocycles. The van der Waals surface area contributed by atoms with E-state index in [2.05, 4.69) is 20.3 Å². The van der Waals surface area contributed by atoms with E-state index in [1.807, 2.05) is 6.07 Å². The number of fused-ring (bicyclic) bond motifs is 1. The summed E-state index contributed by atoms with van der Waals surface area (Å²) in [4.78, 5) is 51.7. The number of hydrogen-bond donors (Lipinski definition) is 3. The van der Waals surface area contributed by atoms with Crippen molar-refractivity contribution in [2.24, 2.45) is 10.7 Å². The lowest BCUT2D eigenvalue weighted by atomic mass is 10.1. The van der Waals surface area contributed by atoms with E-state index in [0.717, 1.165) is 10.5 Å². The lowest BCUT2D eigenvalue weighted by Gasteiger charge is -2.17. The summed E-state index contributed by atoms with van der Waals surface area (Å²) < 4.78 is 0. The maximum Gasteiger partial charge on any atom is 0.266 e. The Morgan fingerprint density at radius 1 is 1.09 bits per heavy atom. The van der Waals surface area contributed by atoms with Crippen LogP contribution >= 0.6 is 11.3 Å². The molecule has 1 aliphatic heterocycles. The second kappa shape index (κ2) is 8.41. The van der Waals surface area contributed by atoms with Gasteiger partial charge in [0.2, 0.25) is 0 Å². The first kappa shape index (κ1) is 21.3. The topological polar surface area (TPSA) is 134 Å². The van der Waals surface area contributed by atoms with Gasteiger partial charge >= 0.3 is 0 Å². The molecule has 0 saturated heterocycles. The number of nitrogens with zero attached hydrogens (tertiary/aromatic N) is 3. The van der Waals surface area contributed by atoms with Gasteiger partial charge in [-0.1, -0.05) is 0 Å². The number of carbonyl (C=O) groups is 3. The van der Waals surface area contributed by atoms with Crippen molar-refractivity contribution in [1.29, 1.82) is 0 Å². The summed E-state index contributed by atoms with van der Waals surface area (Å²) in [5.74, 6) is -1.06. The van der Waals surface area contributed by atoms with E-state index in [1.165, 1.54) is 16.2 Å². The first-order chi connectivity index (χ1) is 16.4. The zero-order chi connectivity index (χ0) is 23.8. The molecule has 0 bridgehead atoms. The summed E-state index contributed by atoms with van der Waals surface area (Å²) in [5, 5.41) is 3.30. The minimum absolute atomic E-state index is 0.170. The number of rotatable bonds is 6. The Kier molecular flexibility index (Phi) is 5.27. The van der Waals surface area contributed by atoms with Gasteiger partial charge in [0.05, 0.1) is 10.4 Å². The molecular formula is C24H18N6O3S. The van der Waals surface area contributed by atoms with Gasteiger partial charge in [0.1, 0.15) is 5.82 Å². The maximum atomic E-state index is 12.8. The third-order valence-corrected chi connectivity index (χ3v) is 6.56. The molecule has 0 aliphatic carbocycles. The van der Waals surface area contributed by atoms with Crippen molar-refractivity contribution < 1.29 is 14.4 Å². The average molecular weight is 471 g/mol. The molecule has 34 heavy (non-hydrogen) atoms. The number of H-pyrrole nitrogens is 1. The van der Waals surface area contributed by atoms with Crippen molar-refractivity contribution in [3.63, 3.8) is 0 Å². The van der Waals surface area contributed by atoms with Gasteiger partial charge in [0.25, 0.3) is 17.7 Å². The minimum Gasteiger partial charge on any atom is -0.365 e. The number of primary amides is 1. The second-order valence-corrected chi connectivity index (χ2v) is 8.63. The highest BCUT2D eigenvalue weighted by Gasteiger charge is 2.21. The Labute approximate surface area is 197 Å². The van der Waals surface area contributed by atoms with Gasteiger partial charge in [-0.3, -0.25) is 24.4 Å². The largest absolute Gasteiger partial charge is 0.365 e. The molecule has 5 rings (SSSR count). The number of thiophene rings is 1. The van der Waals surface area contributed by atoms with Gasteiger partial charge < -0.3 is 20.9 Å². The molecule has 10 heteroatoms. The summed E-state index contributed by atoms with van der Waals surface area (Å²) in [7, 11) is 1.65. The minimum atomic E-state index is -0.682. The zero-order valence-electron chi connectivity index (χ0n) is 17.9. The van der Waals surface area contributed by atoms with Gasteiger partial charge in [-0.2, -0.15) is 0 Å². The van der Waals surface area contributed by atoms with E-state index in [-0.39, 0.29) is 23.2 Å². The van der Waals surface area contributed by atoms with Crippen LogP contribution < -0.4 is 16.0 Å². The Hall–Kier alpha value is -4.57. The van der Waals surface area contributed by atoms with Crippen LogP contribution in [0.3, 0.4) is 0 Å². The van der Waals surface area contributed by atoms with Crippen LogP contribution in [0, 0.1) is 0 Å². The SMILES string of the molecule is CN(C(=O)c1ccncc1)c1ccc2c(C(N)=O)c(NC(=O)c3ccc(C4=CN=C4)s3)[nH]c2c1. The summed E-state index contributed by atoms with van der Waals surface area (Å²) in [5.41, 5.74) is 8.41. The molecule has 4 aromatic rings. The smallest absolute Gasteiger partial charge is 0.266 e. The molecule has 1 aromatic carbocycles. The van der Waals surface area contributed by atoms with Gasteiger partial charge in [-0.15, -0.1) is 11.3 Å². The van der Waals surface area contributed by atoms with Crippen molar-refractivity contribution in [3.8, 4) is 0 Å². The van der Waals surface area contributed by atoms with E-state index in [0.29, 0.717) is 27.0 Å². The number of aromatic amines is 1. The molecule has 4 heterocycles. The molecule has 1 aliphatic rings. The molecule has 0 atom stereocenters. The number of hydrogen-bond acceptors (Lipinski definition) is 6. The van der Waals surface area contributed by atoms with Crippen LogP contribution in [0.25, 0.3) is 16.5 Å². The van der Waals surface area contributed by atoms with Crippen LogP contribution in [0.2, 0.25) is 0 Å². The number of carbonyl (C=O) groups excluding carboxylic acids is 3. The van der Waals surface area contributed by atoms with Crippen molar-refractivity contribution >= 4 is 63.3 Å². The van der Waals surface area contributed by atoms with E-state index in [1.54, 1.807) is 68.3 Å². The first-order valence-electron chi connectivity index (χ1n) is 10.2. The van der Waals surface area contributed by atoms with Crippen LogP contribution in [0.5, 0.6) is 0 Å². The lowest BCUT2D eigenvalue weighted by Crippen LogP contribution is -2.26. The number of amides is 3. The standard InChI is InChI=1S/C24H18N6O3S/c1-30(24(33)13-6-8-26-9-7-13)15-2-3-16-17(10-15)28-22(20(16)21(25)31)29-23(32)19-5-4-18(34-19)14-11-27-12-14/h2-12,28H,1H3,(H2,25,31)(H,29,32). The Bertz CT molecular complexity index is 1520. The third kappa shape index (κ3) is 3.76. The first-order valence-corrected chi connectivity index (χ1v) is 11.0. The summed E-state index contributed by atoms with van der Waals surface area (Å²) in [6.07, 6.45) is 6.56. The zero-order valence-corrected chi connectivity index (χ0v) is 18.7. The van der Waals surface area contributed by atoms with E-state index >= 15 is 0 Å². The Balaban J connectivity index is 1.44. The second-order valence-electron chi connectivity index (χ2n) is 7.55. The predicted molar refractivity (Wildman–Crippen MR) is 133 cm³/mol. The highest BCUT2D eigenvalue weighted by molar-refractivity contribution is 7.15. The van der Waals surface area contributed by atoms with Gasteiger partial charge in [-0.25, -0.2) is 0 Å². The molecule has 4 N–H and O–H groups in total. The lowest BCUT2D eigenvalue weighted by molar-refractivity contribution is 0.0987. The fourth-order valence-electron chi connectivity index (χ4n) is 3.62. The van der Waals surface area contributed by atoms with E-state index in [9.17, 15) is 14.4 Å². The molecule has 0 radical (unpaired) electrons. The van der Waals surface area contributed by atoms with Crippen LogP contribution in [0.15, 0.2) is 66.1 Å². The number of aromatic nitrogens is 2. The molecule has 0 saturated carbocycles. The van der Waals surface area contributed by atoms with E-state index in [4.69, 9.17) is 5.73 Å². The molecular weight excluding hydrogens is 452 g/mol. The van der Waals surface area contributed by atoms with Crippen LogP contribution in [0.4, 0.5) is 11.5 Å². The Morgan fingerprint density at radius 3 is 2.53 bits per heavy atom. The molecule has 0 spiro atoms. The average Bonchev–Trinajstić information content (AvgIpc) is 3.41. The molecule has 3 amide bonds. The summed E-state index contributed by atoms with van der Waals surface area (Å²) in [6.45, 7) is 0. The number of nitrogens with two attached hydrogens (primary N) is 1. The summed E-state index contributed by atoms with van der Waals surface area (Å²) >= 11 is 1.32. The van der Waals surface area contributed by atoms with Crippen molar-refractivity contribution in [2.45, 2.75) is 0 Å². The van der Waals surface area contributed by atoms with Gasteiger partial charge in [-0.05, 0) is 42.5 Å². The highest BCUT2D eigenvalue weighted by atomic mass is 32.1. The van der Waals surface area contributed by atoms with Gasteiger partial charge in [0.15, 0.2) is 0 Å².